The van der Waals surface area contributed by atoms with Crippen LogP contribution in [0, 0.1) is 11.8 Å². The molecule has 2 heterocycles. The molecule has 0 aromatic heterocycles. The molecule has 284 valence electrons. The molecule has 0 bridgehead atoms. The Kier molecular flexibility index (Phi) is 15.4. The van der Waals surface area contributed by atoms with Gasteiger partial charge in [-0.25, -0.2) is 4.79 Å². The van der Waals surface area contributed by atoms with Crippen molar-refractivity contribution >= 4 is 51.3 Å². The first kappa shape index (κ1) is 40.6. The van der Waals surface area contributed by atoms with E-state index in [4.69, 9.17) is 19.0 Å². The summed E-state index contributed by atoms with van der Waals surface area (Å²) in [5, 5.41) is 3.12. The first-order chi connectivity index (χ1) is 25.4. The van der Waals surface area contributed by atoms with E-state index >= 15 is 0 Å². The van der Waals surface area contributed by atoms with Crippen molar-refractivity contribution in [1.29, 1.82) is 0 Å². The Morgan fingerprint density at radius 2 is 1.36 bits per heavy atom. The second-order valence-electron chi connectivity index (χ2n) is 11.6. The van der Waals surface area contributed by atoms with Crippen LogP contribution in [0.1, 0.15) is 48.8 Å². The summed E-state index contributed by atoms with van der Waals surface area (Å²) in [6, 6.07) is 14.6. The number of nitrogens with zero attached hydrogens (tertiary/aromatic N) is 2. The molecule has 5 amide bonds. The van der Waals surface area contributed by atoms with Gasteiger partial charge in [0.15, 0.2) is 5.25 Å². The number of hydroxylamine groups is 2. The van der Waals surface area contributed by atoms with Crippen molar-refractivity contribution in [3.8, 4) is 11.8 Å². The molecule has 2 aromatic carbocycles. The van der Waals surface area contributed by atoms with Crippen molar-refractivity contribution < 1.29 is 60.8 Å². The number of benzene rings is 2. The molecule has 18 heteroatoms. The number of ether oxygens (including phenoxy) is 3. The molecular weight excluding hydrogens is 716 g/mol. The summed E-state index contributed by atoms with van der Waals surface area (Å²) >= 11 is 0. The van der Waals surface area contributed by atoms with Gasteiger partial charge in [0.25, 0.3) is 21.9 Å². The van der Waals surface area contributed by atoms with E-state index in [9.17, 15) is 41.7 Å². The number of hydrogen-bond acceptors (Lipinski definition) is 12. The highest BCUT2D eigenvalue weighted by Gasteiger charge is 2.33. The van der Waals surface area contributed by atoms with E-state index in [1.54, 1.807) is 23.1 Å². The van der Waals surface area contributed by atoms with Crippen LogP contribution < -0.4 is 15.5 Å². The van der Waals surface area contributed by atoms with Gasteiger partial charge in [-0.3, -0.25) is 28.5 Å². The number of amides is 5. The zero-order valence-corrected chi connectivity index (χ0v) is 29.6. The summed E-state index contributed by atoms with van der Waals surface area (Å²) in [5.41, 5.74) is 2.86. The third-order valence-corrected chi connectivity index (χ3v) is 8.91. The molecule has 1 saturated heterocycles. The largest absolute Gasteiger partial charge is 0.379 e. The van der Waals surface area contributed by atoms with Crippen LogP contribution in [0.2, 0.25) is 0 Å². The zero-order valence-electron chi connectivity index (χ0n) is 28.7. The first-order valence-electron chi connectivity index (χ1n) is 16.7. The highest BCUT2D eigenvalue weighted by molar-refractivity contribution is 7.87. The number of para-hydroxylation sites is 1. The number of imide groups is 1. The molecular formula is C35H40N4O13S. The Balaban J connectivity index is 1.08. The Bertz CT molecular complexity index is 1820. The van der Waals surface area contributed by atoms with Crippen LogP contribution in [-0.2, 0) is 64.5 Å². The van der Waals surface area contributed by atoms with Gasteiger partial charge in [0, 0.05) is 49.9 Å². The van der Waals surface area contributed by atoms with Crippen molar-refractivity contribution in [1.82, 2.24) is 15.7 Å². The Morgan fingerprint density at radius 3 is 2.04 bits per heavy atom. The molecule has 3 N–H and O–H groups in total. The van der Waals surface area contributed by atoms with E-state index in [-0.39, 0.29) is 90.7 Å². The normalized spacial score (nSPS) is 14.2. The van der Waals surface area contributed by atoms with Crippen molar-refractivity contribution in [2.24, 2.45) is 0 Å². The van der Waals surface area contributed by atoms with Gasteiger partial charge in [0.2, 0.25) is 17.7 Å². The summed E-state index contributed by atoms with van der Waals surface area (Å²) in [6.45, 7) is -0.161. The molecule has 0 saturated carbocycles. The molecule has 2 aliphatic rings. The minimum Gasteiger partial charge on any atom is -0.379 e. The van der Waals surface area contributed by atoms with E-state index in [2.05, 4.69) is 22.5 Å². The van der Waals surface area contributed by atoms with E-state index in [1.165, 1.54) is 0 Å². The molecule has 1 fully saturated rings. The number of hydrogen-bond donors (Lipinski definition) is 3. The summed E-state index contributed by atoms with van der Waals surface area (Å²) < 4.78 is 49.5. The lowest BCUT2D eigenvalue weighted by Crippen LogP contribution is -2.47. The Labute approximate surface area is 305 Å². The predicted molar refractivity (Wildman–Crippen MR) is 185 cm³/mol. The molecule has 1 atom stereocenters. The topological polar surface area (TPSA) is 224 Å². The minimum atomic E-state index is -4.92. The van der Waals surface area contributed by atoms with E-state index in [1.807, 2.05) is 30.3 Å². The Hall–Kier alpha value is -5.19. The lowest BCUT2D eigenvalue weighted by molar-refractivity contribution is -0.198. The van der Waals surface area contributed by atoms with Gasteiger partial charge in [0.05, 0.1) is 58.3 Å². The smallest absolute Gasteiger partial charge is 0.335 e. The van der Waals surface area contributed by atoms with Crippen LogP contribution in [0.5, 0.6) is 0 Å². The second kappa shape index (κ2) is 20.2. The van der Waals surface area contributed by atoms with Crippen LogP contribution in [0.3, 0.4) is 0 Å². The summed E-state index contributed by atoms with van der Waals surface area (Å²) in [7, 11) is -4.92. The van der Waals surface area contributed by atoms with Crippen molar-refractivity contribution in [3.05, 3.63) is 65.2 Å². The molecule has 4 rings (SSSR count). The molecule has 1 unspecified atom stereocenters. The zero-order chi connectivity index (χ0) is 38.2. The monoisotopic (exact) mass is 756 g/mol. The fourth-order valence-corrected chi connectivity index (χ4v) is 5.69. The van der Waals surface area contributed by atoms with E-state index in [0.717, 1.165) is 11.1 Å². The maximum atomic E-state index is 13.4. The highest BCUT2D eigenvalue weighted by Crippen LogP contribution is 2.26. The van der Waals surface area contributed by atoms with Crippen LogP contribution >= 0.6 is 0 Å². The third-order valence-electron chi connectivity index (χ3n) is 7.82. The summed E-state index contributed by atoms with van der Waals surface area (Å²) in [5.74, 6) is 2.25. The lowest BCUT2D eigenvalue weighted by Gasteiger charge is -2.26. The molecule has 2 aliphatic heterocycles. The van der Waals surface area contributed by atoms with Gasteiger partial charge < -0.3 is 34.6 Å². The molecule has 53 heavy (non-hydrogen) atoms. The predicted octanol–water partition coefficient (Wildman–Crippen LogP) is 0.249. The SMILES string of the molecule is O=C(CCOCCOCCOCCC(=O)ON1C(=O)CCC1=O)NCC(C(=O)NCCC(=O)N1Cc2ccccc2C#Cc2ccccc21)S(=O)(=O)O. The fourth-order valence-electron chi connectivity index (χ4n) is 5.04. The van der Waals surface area contributed by atoms with E-state index in [0.29, 0.717) is 16.3 Å². The number of nitrogens with one attached hydrogen (secondary N) is 2. The van der Waals surface area contributed by atoms with Crippen LogP contribution in [0.4, 0.5) is 5.69 Å². The van der Waals surface area contributed by atoms with Crippen LogP contribution in [0.15, 0.2) is 48.5 Å². The summed E-state index contributed by atoms with van der Waals surface area (Å²) in [4.78, 5) is 79.2. The standard InChI is InChI=1S/C35H40N4O13S/c40-30(14-17-49-19-21-51-22-20-50-18-15-34(44)52-39-32(42)11-12-33(39)43)37-23-29(53(46,47)48)35(45)36-16-13-31(41)38-24-27-7-2-1-5-25(27)9-10-26-6-3-4-8-28(26)38/h1-8,29H,11-24H2,(H,36,45)(H,37,40)(H,46,47,48). The van der Waals surface area contributed by atoms with E-state index < -0.39 is 51.5 Å². The summed E-state index contributed by atoms with van der Waals surface area (Å²) in [6.07, 6.45) is -0.512. The minimum absolute atomic E-state index is 0.00534. The molecule has 17 nitrogen and oxygen atoms in total. The van der Waals surface area contributed by atoms with Crippen LogP contribution in [0.25, 0.3) is 0 Å². The first-order valence-corrected chi connectivity index (χ1v) is 18.2. The van der Waals surface area contributed by atoms with Gasteiger partial charge in [-0.1, -0.05) is 42.2 Å². The highest BCUT2D eigenvalue weighted by atomic mass is 32.2. The van der Waals surface area contributed by atoms with Crippen molar-refractivity contribution in [2.45, 2.75) is 43.9 Å². The number of carbonyl (C=O) groups is 6. The fraction of sp³-hybridized carbons (Fsp3) is 0.429. The molecule has 0 aliphatic carbocycles. The number of fused-ring (bicyclic) bond motifs is 2. The second-order valence-corrected chi connectivity index (χ2v) is 13.2. The number of anilines is 1. The maximum Gasteiger partial charge on any atom is 0.335 e. The average Bonchev–Trinajstić information content (AvgIpc) is 3.43. The quantitative estimate of drug-likeness (QED) is 0.0714. The molecule has 0 radical (unpaired) electrons. The molecule has 2 aromatic rings. The number of rotatable bonds is 20. The van der Waals surface area contributed by atoms with Gasteiger partial charge in [-0.15, -0.1) is 5.06 Å². The van der Waals surface area contributed by atoms with Gasteiger partial charge in [0.1, 0.15) is 0 Å². The lowest BCUT2D eigenvalue weighted by atomic mass is 10.0. The average molecular weight is 757 g/mol. The van der Waals surface area contributed by atoms with Crippen molar-refractivity contribution in [3.63, 3.8) is 0 Å². The third kappa shape index (κ3) is 12.8. The Morgan fingerprint density at radius 1 is 0.774 bits per heavy atom. The van der Waals surface area contributed by atoms with Gasteiger partial charge in [-0.05, 0) is 23.8 Å². The van der Waals surface area contributed by atoms with Gasteiger partial charge in [-0.2, -0.15) is 8.42 Å². The maximum absolute atomic E-state index is 13.4. The molecule has 0 spiro atoms. The van der Waals surface area contributed by atoms with Crippen LogP contribution in [-0.4, -0.2) is 112 Å². The number of carbonyl (C=O) groups excluding carboxylic acids is 6. The van der Waals surface area contributed by atoms with Gasteiger partial charge >= 0.3 is 5.97 Å². The van der Waals surface area contributed by atoms with Crippen molar-refractivity contribution in [2.75, 3.05) is 57.6 Å².